The topological polar surface area (TPSA) is 64.9 Å². The van der Waals surface area contributed by atoms with Gasteiger partial charge in [-0.25, -0.2) is 0 Å². The summed E-state index contributed by atoms with van der Waals surface area (Å²) in [7, 11) is 0. The van der Waals surface area contributed by atoms with Crippen LogP contribution in [-0.2, 0) is 0 Å². The van der Waals surface area contributed by atoms with Gasteiger partial charge in [-0.1, -0.05) is 24.6 Å². The van der Waals surface area contributed by atoms with E-state index in [0.717, 1.165) is 5.57 Å². The van der Waals surface area contributed by atoms with E-state index in [1.165, 1.54) is 12.2 Å². The summed E-state index contributed by atoms with van der Waals surface area (Å²) in [6.45, 7) is 5.27. The van der Waals surface area contributed by atoms with E-state index < -0.39 is 18.3 Å². The molecule has 4 nitrogen and oxygen atoms in total. The molecule has 23 heavy (non-hydrogen) atoms. The molecule has 1 aliphatic heterocycles. The largest absolute Gasteiger partial charge is 0.507 e. The van der Waals surface area contributed by atoms with Crippen molar-refractivity contribution in [3.05, 3.63) is 36.1 Å². The summed E-state index contributed by atoms with van der Waals surface area (Å²) in [5.41, 5.74) is 3.81. The molecule has 0 bridgehead atoms. The molecule has 0 radical (unpaired) electrons. The van der Waals surface area contributed by atoms with Gasteiger partial charge in [0.1, 0.15) is 5.76 Å². The highest BCUT2D eigenvalue weighted by molar-refractivity contribution is 5.95. The number of hydrogen-bond acceptors (Lipinski definition) is 4. The molecule has 0 aromatic carbocycles. The number of rotatable bonds is 8. The zero-order valence-electron chi connectivity index (χ0n) is 13.1. The Kier molecular flexibility index (Phi) is 7.35. The summed E-state index contributed by atoms with van der Waals surface area (Å²) in [6, 6.07) is 0. The van der Waals surface area contributed by atoms with E-state index in [9.17, 15) is 23.4 Å². The van der Waals surface area contributed by atoms with Crippen molar-refractivity contribution in [2.45, 2.75) is 51.4 Å². The lowest BCUT2D eigenvalue weighted by molar-refractivity contribution is -0.172. The minimum atomic E-state index is -4.23. The van der Waals surface area contributed by atoms with Crippen molar-refractivity contribution >= 4 is 5.71 Å². The van der Waals surface area contributed by atoms with E-state index in [0.29, 0.717) is 25.0 Å². The summed E-state index contributed by atoms with van der Waals surface area (Å²) in [5, 5.41) is 22.5. The first-order valence-corrected chi connectivity index (χ1v) is 7.54. The van der Waals surface area contributed by atoms with Gasteiger partial charge in [0.15, 0.2) is 6.23 Å². The smallest absolute Gasteiger partial charge is 0.392 e. The molecule has 2 atom stereocenters. The maximum Gasteiger partial charge on any atom is 0.392 e. The molecule has 0 amide bonds. The summed E-state index contributed by atoms with van der Waals surface area (Å²) in [6.07, 6.45) is 0.373. The molecule has 1 heterocycles. The van der Waals surface area contributed by atoms with Crippen LogP contribution in [0.4, 0.5) is 13.2 Å². The van der Waals surface area contributed by atoms with Gasteiger partial charge in [-0.2, -0.15) is 18.3 Å². The SMILES string of the molecule is C=CCC(C/C=C(\CC)CCC1=NNC(O)C(O)=C1)C(F)(F)F. The first-order chi connectivity index (χ1) is 10.8. The lowest BCUT2D eigenvalue weighted by Gasteiger charge is -2.18. The fourth-order valence-electron chi connectivity index (χ4n) is 2.21. The first kappa shape index (κ1) is 19.3. The van der Waals surface area contributed by atoms with Crippen molar-refractivity contribution in [3.63, 3.8) is 0 Å². The van der Waals surface area contributed by atoms with Gasteiger partial charge < -0.3 is 10.2 Å². The maximum atomic E-state index is 12.9. The highest BCUT2D eigenvalue weighted by Gasteiger charge is 2.37. The second-order valence-electron chi connectivity index (χ2n) is 5.42. The molecule has 0 aliphatic carbocycles. The van der Waals surface area contributed by atoms with Crippen LogP contribution < -0.4 is 5.43 Å². The number of allylic oxidation sites excluding steroid dienone is 4. The van der Waals surface area contributed by atoms with Gasteiger partial charge in [-0.15, -0.1) is 6.58 Å². The third-order valence-electron chi connectivity index (χ3n) is 3.69. The molecule has 0 fully saturated rings. The molecule has 130 valence electrons. The van der Waals surface area contributed by atoms with Gasteiger partial charge >= 0.3 is 6.18 Å². The summed E-state index contributed by atoms with van der Waals surface area (Å²) in [5.74, 6) is -1.63. The molecule has 0 aromatic rings. The Morgan fingerprint density at radius 3 is 2.70 bits per heavy atom. The van der Waals surface area contributed by atoms with E-state index in [1.54, 1.807) is 6.08 Å². The van der Waals surface area contributed by atoms with Crippen molar-refractivity contribution in [1.82, 2.24) is 5.43 Å². The number of halogens is 3. The zero-order chi connectivity index (χ0) is 17.5. The number of hydrazone groups is 1. The normalized spacial score (nSPS) is 20.4. The Morgan fingerprint density at radius 2 is 2.17 bits per heavy atom. The molecular weight excluding hydrogens is 309 g/mol. The monoisotopic (exact) mass is 332 g/mol. The van der Waals surface area contributed by atoms with Crippen LogP contribution in [0.1, 0.15) is 39.0 Å². The van der Waals surface area contributed by atoms with Gasteiger partial charge in [0.2, 0.25) is 0 Å². The average Bonchev–Trinajstić information content (AvgIpc) is 2.48. The van der Waals surface area contributed by atoms with Crippen LogP contribution in [0.3, 0.4) is 0 Å². The molecule has 0 aromatic heterocycles. The van der Waals surface area contributed by atoms with Gasteiger partial charge in [0.25, 0.3) is 0 Å². The van der Waals surface area contributed by atoms with Crippen LogP contribution in [-0.4, -0.2) is 28.3 Å². The van der Waals surface area contributed by atoms with Crippen molar-refractivity contribution in [2.75, 3.05) is 0 Å². The van der Waals surface area contributed by atoms with Crippen LogP contribution >= 0.6 is 0 Å². The third kappa shape index (κ3) is 6.48. The molecular formula is C16H23F3N2O2. The maximum absolute atomic E-state index is 12.9. The number of alkyl halides is 3. The zero-order valence-corrected chi connectivity index (χ0v) is 13.1. The van der Waals surface area contributed by atoms with Crippen LogP contribution in [0, 0.1) is 5.92 Å². The number of nitrogens with one attached hydrogen (secondary N) is 1. The van der Waals surface area contributed by atoms with Crippen LogP contribution in [0.15, 0.2) is 41.2 Å². The molecule has 1 aliphatic rings. The van der Waals surface area contributed by atoms with E-state index in [4.69, 9.17) is 0 Å². The number of hydrogen-bond donors (Lipinski definition) is 3. The quantitative estimate of drug-likeness (QED) is 0.589. The summed E-state index contributed by atoms with van der Waals surface area (Å²) >= 11 is 0. The Balaban J connectivity index is 2.61. The average molecular weight is 332 g/mol. The lowest BCUT2D eigenvalue weighted by Crippen LogP contribution is -2.31. The Morgan fingerprint density at radius 1 is 1.48 bits per heavy atom. The highest BCUT2D eigenvalue weighted by atomic mass is 19.4. The van der Waals surface area contributed by atoms with Crippen molar-refractivity contribution in [1.29, 1.82) is 0 Å². The Labute approximate surface area is 134 Å². The molecule has 0 saturated heterocycles. The third-order valence-corrected chi connectivity index (χ3v) is 3.69. The molecule has 7 heteroatoms. The van der Waals surface area contributed by atoms with Crippen LogP contribution in [0.2, 0.25) is 0 Å². The van der Waals surface area contributed by atoms with Crippen LogP contribution in [0.25, 0.3) is 0 Å². The fraction of sp³-hybridized carbons (Fsp3) is 0.562. The second kappa shape index (κ2) is 8.76. The van der Waals surface area contributed by atoms with Crippen molar-refractivity contribution in [2.24, 2.45) is 11.0 Å². The van der Waals surface area contributed by atoms with E-state index >= 15 is 0 Å². The van der Waals surface area contributed by atoms with Gasteiger partial charge in [-0.05, 0) is 32.1 Å². The Hall–Kier alpha value is -1.76. The number of nitrogens with zero attached hydrogens (tertiary/aromatic N) is 1. The van der Waals surface area contributed by atoms with E-state index in [1.807, 2.05) is 6.92 Å². The minimum Gasteiger partial charge on any atom is -0.507 e. The molecule has 3 N–H and O–H groups in total. The summed E-state index contributed by atoms with van der Waals surface area (Å²) < 4.78 is 38.6. The molecule has 2 unspecified atom stereocenters. The Bertz CT molecular complexity index is 496. The van der Waals surface area contributed by atoms with Gasteiger partial charge in [-0.3, -0.25) is 5.43 Å². The number of aliphatic hydroxyl groups is 2. The van der Waals surface area contributed by atoms with Gasteiger partial charge in [0, 0.05) is 6.08 Å². The van der Waals surface area contributed by atoms with Crippen LogP contribution in [0.5, 0.6) is 0 Å². The molecule has 1 rings (SSSR count). The highest BCUT2D eigenvalue weighted by Crippen LogP contribution is 2.32. The predicted octanol–water partition coefficient (Wildman–Crippen LogP) is 3.97. The standard InChI is InChI=1S/C16H23F3N2O2/c1-3-5-12(16(17,18)19)8-6-11(4-2)7-9-13-10-14(22)15(23)21-20-13/h3,6,10,12,15,21-23H,1,4-5,7-9H2,2H3/b11-6+. The molecule has 0 saturated carbocycles. The summed E-state index contributed by atoms with van der Waals surface area (Å²) in [4.78, 5) is 0. The number of aliphatic hydroxyl groups excluding tert-OH is 2. The van der Waals surface area contributed by atoms with Crippen molar-refractivity contribution < 1.29 is 23.4 Å². The predicted molar refractivity (Wildman–Crippen MR) is 83.9 cm³/mol. The van der Waals surface area contributed by atoms with E-state index in [-0.39, 0.29) is 18.6 Å². The van der Waals surface area contributed by atoms with Gasteiger partial charge in [0.05, 0.1) is 11.6 Å². The molecule has 0 spiro atoms. The van der Waals surface area contributed by atoms with E-state index in [2.05, 4.69) is 17.1 Å². The lowest BCUT2D eigenvalue weighted by atomic mass is 9.96. The minimum absolute atomic E-state index is 0.0662. The fourth-order valence-corrected chi connectivity index (χ4v) is 2.21. The van der Waals surface area contributed by atoms with Crippen molar-refractivity contribution in [3.8, 4) is 0 Å². The first-order valence-electron chi connectivity index (χ1n) is 7.54. The second-order valence-corrected chi connectivity index (χ2v) is 5.42.